The van der Waals surface area contributed by atoms with Crippen molar-refractivity contribution in [2.24, 2.45) is 0 Å². The minimum Gasteiger partial charge on any atom is -0.507 e. The fourth-order valence-corrected chi connectivity index (χ4v) is 2.43. The molecule has 1 amide bonds. The lowest BCUT2D eigenvalue weighted by molar-refractivity contribution is 0.0948. The Labute approximate surface area is 155 Å². The Bertz CT molecular complexity index is 725. The van der Waals surface area contributed by atoms with Crippen LogP contribution in [0.4, 0.5) is 0 Å². The van der Waals surface area contributed by atoms with Gasteiger partial charge in [-0.25, -0.2) is 0 Å². The number of amides is 1. The van der Waals surface area contributed by atoms with Gasteiger partial charge in [-0.3, -0.25) is 4.79 Å². The third-order valence-electron chi connectivity index (χ3n) is 4.12. The molecule has 2 aromatic rings. The van der Waals surface area contributed by atoms with Crippen molar-refractivity contribution in [1.82, 2.24) is 10.2 Å². The Kier molecular flexibility index (Phi) is 7.04. The smallest absolute Gasteiger partial charge is 0.255 e. The van der Waals surface area contributed by atoms with E-state index in [1.807, 2.05) is 58.3 Å². The van der Waals surface area contributed by atoms with Crippen molar-refractivity contribution in [2.75, 3.05) is 27.2 Å². The number of hydrogen-bond donors (Lipinski definition) is 2. The monoisotopic (exact) mass is 356 g/mol. The molecule has 0 aromatic heterocycles. The van der Waals surface area contributed by atoms with Crippen LogP contribution >= 0.6 is 0 Å². The Morgan fingerprint density at radius 1 is 1.15 bits per heavy atom. The molecule has 2 aromatic carbocycles. The molecule has 0 fully saturated rings. The minimum absolute atomic E-state index is 0.0124. The SMILES string of the molecule is CC(C)c1ccc(C(=O)NCc2ccc(OCCN(C)C)cc2)c(O)c1. The van der Waals surface area contributed by atoms with Crippen molar-refractivity contribution in [2.45, 2.75) is 26.3 Å². The van der Waals surface area contributed by atoms with E-state index in [9.17, 15) is 9.90 Å². The number of ether oxygens (including phenoxy) is 1. The summed E-state index contributed by atoms with van der Waals surface area (Å²) in [6.45, 7) is 5.97. The molecule has 5 nitrogen and oxygen atoms in total. The van der Waals surface area contributed by atoms with Gasteiger partial charge >= 0.3 is 0 Å². The summed E-state index contributed by atoms with van der Waals surface area (Å²) in [6.07, 6.45) is 0. The number of carbonyl (C=O) groups excluding carboxylic acids is 1. The molecule has 0 atom stereocenters. The molecule has 140 valence electrons. The number of phenols is 1. The number of rotatable bonds is 8. The van der Waals surface area contributed by atoms with E-state index >= 15 is 0 Å². The molecule has 0 saturated carbocycles. The first-order valence-electron chi connectivity index (χ1n) is 8.84. The molecular weight excluding hydrogens is 328 g/mol. The predicted octanol–water partition coefficient (Wildman–Crippen LogP) is 3.39. The van der Waals surface area contributed by atoms with E-state index in [0.29, 0.717) is 19.1 Å². The summed E-state index contributed by atoms with van der Waals surface area (Å²) in [7, 11) is 4.01. The van der Waals surface area contributed by atoms with Crippen LogP contribution in [0, 0.1) is 0 Å². The summed E-state index contributed by atoms with van der Waals surface area (Å²) in [5.41, 5.74) is 2.26. The van der Waals surface area contributed by atoms with Crippen molar-refractivity contribution >= 4 is 5.91 Å². The third-order valence-corrected chi connectivity index (χ3v) is 4.12. The first-order chi connectivity index (χ1) is 12.4. The molecular formula is C21H28N2O3. The van der Waals surface area contributed by atoms with Gasteiger partial charge in [0, 0.05) is 13.1 Å². The van der Waals surface area contributed by atoms with Crippen LogP contribution in [-0.2, 0) is 6.54 Å². The van der Waals surface area contributed by atoms with Gasteiger partial charge in [0.15, 0.2) is 0 Å². The number of aromatic hydroxyl groups is 1. The van der Waals surface area contributed by atoms with Crippen molar-refractivity contribution in [3.8, 4) is 11.5 Å². The van der Waals surface area contributed by atoms with Gasteiger partial charge in [0.2, 0.25) is 0 Å². The van der Waals surface area contributed by atoms with Crippen molar-refractivity contribution < 1.29 is 14.6 Å². The molecule has 0 aliphatic heterocycles. The quantitative estimate of drug-likeness (QED) is 0.761. The standard InChI is InChI=1S/C21H28N2O3/c1-15(2)17-7-10-19(20(24)13-17)21(25)22-14-16-5-8-18(9-6-16)26-12-11-23(3)4/h5-10,13,15,24H,11-12,14H2,1-4H3,(H,22,25). The van der Waals surface area contributed by atoms with E-state index in [4.69, 9.17) is 4.74 Å². The van der Waals surface area contributed by atoms with Gasteiger partial charge in [-0.2, -0.15) is 0 Å². The number of likely N-dealkylation sites (N-methyl/N-ethyl adjacent to an activating group) is 1. The average molecular weight is 356 g/mol. The molecule has 0 aliphatic carbocycles. The summed E-state index contributed by atoms with van der Waals surface area (Å²) in [5.74, 6) is 0.836. The number of hydrogen-bond acceptors (Lipinski definition) is 4. The van der Waals surface area contributed by atoms with Gasteiger partial charge in [-0.1, -0.05) is 32.0 Å². The van der Waals surface area contributed by atoms with Crippen LogP contribution in [0.2, 0.25) is 0 Å². The summed E-state index contributed by atoms with van der Waals surface area (Å²) >= 11 is 0. The largest absolute Gasteiger partial charge is 0.507 e. The first-order valence-corrected chi connectivity index (χ1v) is 8.84. The number of nitrogens with zero attached hydrogens (tertiary/aromatic N) is 1. The first kappa shape index (κ1) is 19.8. The Morgan fingerprint density at radius 3 is 2.42 bits per heavy atom. The van der Waals surface area contributed by atoms with Crippen LogP contribution in [0.1, 0.15) is 41.3 Å². The molecule has 2 rings (SSSR count). The zero-order valence-corrected chi connectivity index (χ0v) is 16.0. The zero-order valence-electron chi connectivity index (χ0n) is 16.0. The van der Waals surface area contributed by atoms with Crippen LogP contribution in [0.15, 0.2) is 42.5 Å². The number of benzene rings is 2. The van der Waals surface area contributed by atoms with Crippen molar-refractivity contribution in [3.63, 3.8) is 0 Å². The average Bonchev–Trinajstić information content (AvgIpc) is 2.60. The topological polar surface area (TPSA) is 61.8 Å². The highest BCUT2D eigenvalue weighted by molar-refractivity contribution is 5.96. The number of nitrogens with one attached hydrogen (secondary N) is 1. The van der Waals surface area contributed by atoms with E-state index in [0.717, 1.165) is 23.4 Å². The fraction of sp³-hybridized carbons (Fsp3) is 0.381. The molecule has 26 heavy (non-hydrogen) atoms. The molecule has 0 radical (unpaired) electrons. The molecule has 0 heterocycles. The van der Waals surface area contributed by atoms with E-state index in [-0.39, 0.29) is 17.2 Å². The van der Waals surface area contributed by atoms with Gasteiger partial charge in [-0.05, 0) is 55.4 Å². The third kappa shape index (κ3) is 5.77. The van der Waals surface area contributed by atoms with Crippen LogP contribution < -0.4 is 10.1 Å². The van der Waals surface area contributed by atoms with Gasteiger partial charge < -0.3 is 20.1 Å². The van der Waals surface area contributed by atoms with Crippen molar-refractivity contribution in [3.05, 3.63) is 59.2 Å². The number of carbonyl (C=O) groups is 1. The normalized spacial score (nSPS) is 11.0. The van der Waals surface area contributed by atoms with Gasteiger partial charge in [0.1, 0.15) is 18.1 Å². The zero-order chi connectivity index (χ0) is 19.1. The van der Waals surface area contributed by atoms with Crippen LogP contribution in [0.3, 0.4) is 0 Å². The molecule has 0 saturated heterocycles. The van der Waals surface area contributed by atoms with E-state index < -0.39 is 0 Å². The molecule has 0 unspecified atom stereocenters. The Hall–Kier alpha value is -2.53. The second kappa shape index (κ2) is 9.25. The lowest BCUT2D eigenvalue weighted by atomic mass is 10.0. The Morgan fingerprint density at radius 2 is 1.85 bits per heavy atom. The van der Waals surface area contributed by atoms with Crippen molar-refractivity contribution in [1.29, 1.82) is 0 Å². The summed E-state index contributed by atoms with van der Waals surface area (Å²) < 4.78 is 5.65. The van der Waals surface area contributed by atoms with E-state index in [1.165, 1.54) is 0 Å². The second-order valence-electron chi connectivity index (χ2n) is 6.91. The summed E-state index contributed by atoms with van der Waals surface area (Å²) in [5, 5.41) is 12.9. The fourth-order valence-electron chi connectivity index (χ4n) is 2.43. The molecule has 0 aliphatic rings. The Balaban J connectivity index is 1.89. The highest BCUT2D eigenvalue weighted by atomic mass is 16.5. The highest BCUT2D eigenvalue weighted by Gasteiger charge is 2.12. The molecule has 0 spiro atoms. The lowest BCUT2D eigenvalue weighted by Crippen LogP contribution is -2.23. The van der Waals surface area contributed by atoms with Crippen LogP contribution in [0.5, 0.6) is 11.5 Å². The maximum Gasteiger partial charge on any atom is 0.255 e. The number of phenolic OH excluding ortho intramolecular Hbond substituents is 1. The van der Waals surface area contributed by atoms with E-state index in [2.05, 4.69) is 10.2 Å². The maximum absolute atomic E-state index is 12.3. The minimum atomic E-state index is -0.288. The van der Waals surface area contributed by atoms with Crippen LogP contribution in [0.25, 0.3) is 0 Å². The van der Waals surface area contributed by atoms with Gasteiger partial charge in [0.05, 0.1) is 5.56 Å². The lowest BCUT2D eigenvalue weighted by Gasteiger charge is -2.12. The van der Waals surface area contributed by atoms with E-state index in [1.54, 1.807) is 12.1 Å². The molecule has 0 bridgehead atoms. The predicted molar refractivity (Wildman–Crippen MR) is 104 cm³/mol. The summed E-state index contributed by atoms with van der Waals surface area (Å²) in [4.78, 5) is 14.4. The summed E-state index contributed by atoms with van der Waals surface area (Å²) in [6, 6.07) is 12.8. The second-order valence-corrected chi connectivity index (χ2v) is 6.91. The highest BCUT2D eigenvalue weighted by Crippen LogP contribution is 2.23. The molecule has 5 heteroatoms. The van der Waals surface area contributed by atoms with Gasteiger partial charge in [-0.15, -0.1) is 0 Å². The van der Waals surface area contributed by atoms with Crippen LogP contribution in [-0.4, -0.2) is 43.2 Å². The molecule has 2 N–H and O–H groups in total. The maximum atomic E-state index is 12.3. The van der Waals surface area contributed by atoms with Gasteiger partial charge in [0.25, 0.3) is 5.91 Å².